The fourth-order valence-electron chi connectivity index (χ4n) is 4.75. The molecule has 1 heterocycles. The molecule has 0 radical (unpaired) electrons. The van der Waals surface area contributed by atoms with Crippen molar-refractivity contribution in [1.29, 1.82) is 0 Å². The van der Waals surface area contributed by atoms with Gasteiger partial charge in [-0.25, -0.2) is 4.39 Å². The Morgan fingerprint density at radius 2 is 1.76 bits per heavy atom. The number of fused-ring (bicyclic) bond motifs is 1. The van der Waals surface area contributed by atoms with Gasteiger partial charge in [-0.05, 0) is 81.1 Å². The summed E-state index contributed by atoms with van der Waals surface area (Å²) in [6.45, 7) is 4.16. The van der Waals surface area contributed by atoms with Crippen LogP contribution in [0, 0.1) is 18.7 Å². The molecule has 2 aromatic carbocycles. The summed E-state index contributed by atoms with van der Waals surface area (Å²) < 4.78 is 13.3. The lowest BCUT2D eigenvalue weighted by atomic mass is 9.76. The Bertz CT molecular complexity index is 764. The van der Waals surface area contributed by atoms with E-state index < -0.39 is 5.60 Å². The number of nitrogens with zero attached hydrogens (tertiary/aromatic N) is 1. The molecule has 132 valence electrons. The zero-order valence-corrected chi connectivity index (χ0v) is 15.0. The van der Waals surface area contributed by atoms with E-state index in [2.05, 4.69) is 37.1 Å². The first kappa shape index (κ1) is 16.7. The van der Waals surface area contributed by atoms with Gasteiger partial charge in [0, 0.05) is 5.92 Å². The van der Waals surface area contributed by atoms with Gasteiger partial charge in [0.25, 0.3) is 0 Å². The lowest BCUT2D eigenvalue weighted by Crippen LogP contribution is -2.41. The summed E-state index contributed by atoms with van der Waals surface area (Å²) >= 11 is 0. The Kier molecular flexibility index (Phi) is 4.17. The number of piperidine rings is 1. The Morgan fingerprint density at radius 1 is 1.08 bits per heavy atom. The zero-order chi connectivity index (χ0) is 17.6. The fourth-order valence-corrected chi connectivity index (χ4v) is 4.75. The second-order valence-corrected chi connectivity index (χ2v) is 7.90. The third-order valence-corrected chi connectivity index (χ3v) is 6.23. The maximum atomic E-state index is 13.3. The summed E-state index contributed by atoms with van der Waals surface area (Å²) in [4.78, 5) is 2.34. The molecule has 0 amide bonds. The van der Waals surface area contributed by atoms with Crippen LogP contribution in [0.15, 0.2) is 42.5 Å². The van der Waals surface area contributed by atoms with Gasteiger partial charge in [-0.3, -0.25) is 0 Å². The molecule has 0 bridgehead atoms. The minimum absolute atomic E-state index is 0.140. The number of aliphatic hydroxyl groups is 1. The summed E-state index contributed by atoms with van der Waals surface area (Å²) in [5.41, 5.74) is 3.80. The standard InChI is InChI=1S/C22H26FNO/c1-15-3-8-19-20(16-4-6-18(23)7-5-16)14-22(25,21(19)13-15)17-9-11-24(2)12-10-17/h3-8,13,17,20,25H,9-12,14H2,1-2H3. The third-order valence-electron chi connectivity index (χ3n) is 6.23. The number of aryl methyl sites for hydroxylation is 1. The van der Waals surface area contributed by atoms with Gasteiger partial charge in [0.15, 0.2) is 0 Å². The first-order chi connectivity index (χ1) is 12.0. The van der Waals surface area contributed by atoms with E-state index in [1.165, 1.54) is 23.3 Å². The molecule has 1 fully saturated rings. The lowest BCUT2D eigenvalue weighted by Gasteiger charge is -2.39. The minimum Gasteiger partial charge on any atom is -0.385 e. The molecular formula is C22H26FNO. The van der Waals surface area contributed by atoms with Crippen molar-refractivity contribution in [2.24, 2.45) is 5.92 Å². The highest BCUT2D eigenvalue weighted by atomic mass is 19.1. The van der Waals surface area contributed by atoms with Crippen LogP contribution >= 0.6 is 0 Å². The van der Waals surface area contributed by atoms with Crippen LogP contribution in [0.3, 0.4) is 0 Å². The minimum atomic E-state index is -0.776. The van der Waals surface area contributed by atoms with Gasteiger partial charge in [0.2, 0.25) is 0 Å². The maximum Gasteiger partial charge on any atom is 0.123 e. The monoisotopic (exact) mass is 339 g/mol. The molecule has 0 spiro atoms. The van der Waals surface area contributed by atoms with Crippen LogP contribution in [0.1, 0.15) is 47.4 Å². The lowest BCUT2D eigenvalue weighted by molar-refractivity contribution is -0.0467. The van der Waals surface area contributed by atoms with Gasteiger partial charge >= 0.3 is 0 Å². The average Bonchev–Trinajstić information content (AvgIpc) is 2.90. The van der Waals surface area contributed by atoms with Crippen LogP contribution in [0.4, 0.5) is 4.39 Å². The Balaban J connectivity index is 1.75. The van der Waals surface area contributed by atoms with E-state index in [0.717, 1.165) is 37.1 Å². The van der Waals surface area contributed by atoms with Gasteiger partial charge in [-0.2, -0.15) is 0 Å². The van der Waals surface area contributed by atoms with E-state index in [1.807, 2.05) is 12.1 Å². The predicted octanol–water partition coefficient (Wildman–Crippen LogP) is 4.20. The van der Waals surface area contributed by atoms with Crippen molar-refractivity contribution in [2.75, 3.05) is 20.1 Å². The quantitative estimate of drug-likeness (QED) is 0.886. The van der Waals surface area contributed by atoms with Gasteiger partial charge < -0.3 is 10.0 Å². The molecule has 0 aromatic heterocycles. The van der Waals surface area contributed by atoms with Crippen molar-refractivity contribution in [2.45, 2.75) is 37.7 Å². The van der Waals surface area contributed by atoms with Crippen molar-refractivity contribution in [3.05, 3.63) is 70.5 Å². The number of likely N-dealkylation sites (tertiary alicyclic amines) is 1. The molecule has 25 heavy (non-hydrogen) atoms. The Hall–Kier alpha value is -1.71. The van der Waals surface area contributed by atoms with E-state index >= 15 is 0 Å². The molecule has 1 saturated heterocycles. The molecule has 2 nitrogen and oxygen atoms in total. The number of benzene rings is 2. The van der Waals surface area contributed by atoms with Crippen LogP contribution in [0.25, 0.3) is 0 Å². The summed E-state index contributed by atoms with van der Waals surface area (Å²) in [6, 6.07) is 13.2. The third kappa shape index (κ3) is 2.90. The molecule has 2 aliphatic rings. The molecule has 0 saturated carbocycles. The predicted molar refractivity (Wildman–Crippen MR) is 98.2 cm³/mol. The zero-order valence-electron chi connectivity index (χ0n) is 15.0. The number of rotatable bonds is 2. The molecule has 4 rings (SSSR count). The molecule has 2 aromatic rings. The molecule has 1 aliphatic heterocycles. The van der Waals surface area contributed by atoms with Gasteiger partial charge in [-0.1, -0.05) is 35.9 Å². The van der Waals surface area contributed by atoms with E-state index in [4.69, 9.17) is 0 Å². The molecule has 1 N–H and O–H groups in total. The molecular weight excluding hydrogens is 313 g/mol. The van der Waals surface area contributed by atoms with Crippen molar-refractivity contribution < 1.29 is 9.50 Å². The van der Waals surface area contributed by atoms with Crippen LogP contribution in [-0.2, 0) is 5.60 Å². The van der Waals surface area contributed by atoms with Crippen LogP contribution < -0.4 is 0 Å². The normalized spacial score (nSPS) is 27.4. The van der Waals surface area contributed by atoms with E-state index in [-0.39, 0.29) is 17.7 Å². The van der Waals surface area contributed by atoms with E-state index in [1.54, 1.807) is 0 Å². The molecule has 1 aliphatic carbocycles. The maximum absolute atomic E-state index is 13.3. The topological polar surface area (TPSA) is 23.5 Å². The van der Waals surface area contributed by atoms with Gasteiger partial charge in [0.1, 0.15) is 5.82 Å². The Labute approximate surface area is 149 Å². The summed E-state index contributed by atoms with van der Waals surface area (Å²) in [5.74, 6) is 0.215. The van der Waals surface area contributed by atoms with Crippen LogP contribution in [0.2, 0.25) is 0 Å². The van der Waals surface area contributed by atoms with Gasteiger partial charge in [-0.15, -0.1) is 0 Å². The van der Waals surface area contributed by atoms with Crippen molar-refractivity contribution in [1.82, 2.24) is 4.90 Å². The summed E-state index contributed by atoms with van der Waals surface area (Å²) in [6.07, 6.45) is 2.75. The average molecular weight is 339 g/mol. The fraction of sp³-hybridized carbons (Fsp3) is 0.455. The molecule has 2 unspecified atom stereocenters. The van der Waals surface area contributed by atoms with E-state index in [9.17, 15) is 9.50 Å². The van der Waals surface area contributed by atoms with Crippen LogP contribution in [0.5, 0.6) is 0 Å². The first-order valence-corrected chi connectivity index (χ1v) is 9.25. The largest absolute Gasteiger partial charge is 0.385 e. The van der Waals surface area contributed by atoms with Gasteiger partial charge in [0.05, 0.1) is 5.60 Å². The number of hydrogen-bond donors (Lipinski definition) is 1. The van der Waals surface area contributed by atoms with E-state index in [0.29, 0.717) is 6.42 Å². The SMILES string of the molecule is Cc1ccc2c(c1)C(O)(C1CCN(C)CC1)CC2c1ccc(F)cc1. The summed E-state index contributed by atoms with van der Waals surface area (Å²) in [5, 5.41) is 11.8. The second-order valence-electron chi connectivity index (χ2n) is 7.90. The van der Waals surface area contributed by atoms with Crippen molar-refractivity contribution >= 4 is 0 Å². The summed E-state index contributed by atoms with van der Waals surface area (Å²) in [7, 11) is 2.15. The van der Waals surface area contributed by atoms with Crippen molar-refractivity contribution in [3.63, 3.8) is 0 Å². The van der Waals surface area contributed by atoms with Crippen molar-refractivity contribution in [3.8, 4) is 0 Å². The Morgan fingerprint density at radius 3 is 2.44 bits per heavy atom. The molecule has 2 atom stereocenters. The second kappa shape index (κ2) is 6.22. The number of hydrogen-bond acceptors (Lipinski definition) is 2. The highest BCUT2D eigenvalue weighted by molar-refractivity contribution is 5.48. The number of halogens is 1. The highest BCUT2D eigenvalue weighted by Gasteiger charge is 2.48. The smallest absolute Gasteiger partial charge is 0.123 e. The molecule has 3 heteroatoms. The first-order valence-electron chi connectivity index (χ1n) is 9.25. The van der Waals surface area contributed by atoms with Crippen LogP contribution in [-0.4, -0.2) is 30.1 Å². The highest BCUT2D eigenvalue weighted by Crippen LogP contribution is 2.53.